The molecule has 0 unspecified atom stereocenters. The minimum atomic E-state index is -1.30. The third kappa shape index (κ3) is 1.83. The highest BCUT2D eigenvalue weighted by molar-refractivity contribution is 5.81. The molecule has 3 heterocycles. The number of ether oxygens (including phenoxy) is 1. The van der Waals surface area contributed by atoms with Crippen LogP contribution < -0.4 is 5.73 Å². The third-order valence-electron chi connectivity index (χ3n) is 4.21. The van der Waals surface area contributed by atoms with Crippen LogP contribution in [0.4, 0.5) is 5.82 Å². The fraction of sp³-hybridized carbons (Fsp3) is 0.615. The van der Waals surface area contributed by atoms with Crippen molar-refractivity contribution in [3.8, 4) is 0 Å². The Morgan fingerprint density at radius 3 is 2.68 bits per heavy atom. The summed E-state index contributed by atoms with van der Waals surface area (Å²) in [6.45, 7) is 3.27. The quantitative estimate of drug-likeness (QED) is 0.556. The van der Waals surface area contributed by atoms with Gasteiger partial charge in [0.1, 0.15) is 30.2 Å². The summed E-state index contributed by atoms with van der Waals surface area (Å²) in [6, 6.07) is 0. The van der Waals surface area contributed by atoms with Crippen molar-refractivity contribution in [2.24, 2.45) is 5.92 Å². The van der Waals surface area contributed by atoms with Gasteiger partial charge >= 0.3 is 0 Å². The molecule has 0 bridgehead atoms. The number of nitrogens with zero attached hydrogens (tertiary/aromatic N) is 4. The molecule has 1 fully saturated rings. The number of aliphatic hydroxyl groups is 3. The summed E-state index contributed by atoms with van der Waals surface area (Å²) >= 11 is 0. The lowest BCUT2D eigenvalue weighted by Gasteiger charge is -2.37. The molecule has 2 aromatic heterocycles. The second-order valence-corrected chi connectivity index (χ2v) is 5.73. The molecule has 1 aliphatic rings. The summed E-state index contributed by atoms with van der Waals surface area (Å²) in [6.07, 6.45) is -0.618. The zero-order valence-corrected chi connectivity index (χ0v) is 12.3. The molecular formula is C13H19N5O4. The van der Waals surface area contributed by atoms with Gasteiger partial charge in [-0.2, -0.15) is 0 Å². The molecular weight excluding hydrogens is 290 g/mol. The highest BCUT2D eigenvalue weighted by Gasteiger charge is 2.57. The molecule has 9 nitrogen and oxygen atoms in total. The van der Waals surface area contributed by atoms with Gasteiger partial charge in [0.2, 0.25) is 0 Å². The van der Waals surface area contributed by atoms with E-state index in [1.807, 2.05) is 13.8 Å². The molecule has 0 saturated carbocycles. The zero-order chi connectivity index (χ0) is 16.1. The fourth-order valence-electron chi connectivity index (χ4n) is 3.04. The first kappa shape index (κ1) is 15.1. The summed E-state index contributed by atoms with van der Waals surface area (Å²) in [7, 11) is 0. The van der Waals surface area contributed by atoms with Crippen LogP contribution in [0.25, 0.3) is 11.2 Å². The number of hydrogen-bond acceptors (Lipinski definition) is 8. The summed E-state index contributed by atoms with van der Waals surface area (Å²) in [5, 5.41) is 30.1. The number of fused-ring (bicyclic) bond motifs is 1. The molecule has 1 saturated heterocycles. The summed E-state index contributed by atoms with van der Waals surface area (Å²) in [5.41, 5.74) is 5.26. The zero-order valence-electron chi connectivity index (χ0n) is 12.3. The molecule has 0 spiro atoms. The van der Waals surface area contributed by atoms with Gasteiger partial charge in [0.05, 0.1) is 12.9 Å². The van der Waals surface area contributed by atoms with E-state index in [-0.39, 0.29) is 11.7 Å². The summed E-state index contributed by atoms with van der Waals surface area (Å²) in [4.78, 5) is 12.2. The Bertz CT molecular complexity index is 690. The van der Waals surface area contributed by atoms with E-state index in [9.17, 15) is 15.3 Å². The molecule has 0 radical (unpaired) electrons. The summed E-state index contributed by atoms with van der Waals surface area (Å²) in [5.74, 6) is -0.0170. The van der Waals surface area contributed by atoms with Gasteiger partial charge in [-0.05, 0) is 0 Å². The Morgan fingerprint density at radius 1 is 1.36 bits per heavy atom. The van der Waals surface area contributed by atoms with Gasteiger partial charge in [0.15, 0.2) is 17.2 Å². The smallest absolute Gasteiger partial charge is 0.178 e. The van der Waals surface area contributed by atoms with Crippen molar-refractivity contribution in [2.75, 3.05) is 12.3 Å². The van der Waals surface area contributed by atoms with Crippen LogP contribution in [0.15, 0.2) is 12.7 Å². The van der Waals surface area contributed by atoms with Crippen molar-refractivity contribution in [3.63, 3.8) is 0 Å². The number of hydrogen-bond donors (Lipinski definition) is 4. The van der Waals surface area contributed by atoms with Crippen molar-refractivity contribution in [1.29, 1.82) is 0 Å². The topological polar surface area (TPSA) is 140 Å². The maximum Gasteiger partial charge on any atom is 0.178 e. The van der Waals surface area contributed by atoms with Gasteiger partial charge in [-0.15, -0.1) is 0 Å². The SMILES string of the molecule is CC(C)[C@@]1(n2cnc3c(N)ncnc32)O[C@H](CO)[C@@H](O)[C@H]1O. The van der Waals surface area contributed by atoms with Crippen LogP contribution in [0.1, 0.15) is 13.8 Å². The Morgan fingerprint density at radius 2 is 2.09 bits per heavy atom. The van der Waals surface area contributed by atoms with Gasteiger partial charge in [-0.1, -0.05) is 13.8 Å². The summed E-state index contributed by atoms with van der Waals surface area (Å²) < 4.78 is 7.40. The molecule has 22 heavy (non-hydrogen) atoms. The van der Waals surface area contributed by atoms with E-state index in [1.54, 1.807) is 4.57 Å². The van der Waals surface area contributed by atoms with Crippen LogP contribution in [0.5, 0.6) is 0 Å². The molecule has 4 atom stereocenters. The van der Waals surface area contributed by atoms with Crippen LogP contribution in [-0.4, -0.2) is 59.8 Å². The Labute approximate surface area is 126 Å². The van der Waals surface area contributed by atoms with Gasteiger partial charge in [0.25, 0.3) is 0 Å². The van der Waals surface area contributed by atoms with Crippen molar-refractivity contribution in [2.45, 2.75) is 37.9 Å². The molecule has 2 aromatic rings. The van der Waals surface area contributed by atoms with E-state index in [2.05, 4.69) is 15.0 Å². The number of nitrogens with two attached hydrogens (primary N) is 1. The Hall–Kier alpha value is -1.81. The average Bonchev–Trinajstić information content (AvgIpc) is 3.02. The molecule has 120 valence electrons. The number of aromatic nitrogens is 4. The molecule has 0 aliphatic carbocycles. The second-order valence-electron chi connectivity index (χ2n) is 5.73. The minimum absolute atomic E-state index is 0.217. The van der Waals surface area contributed by atoms with E-state index in [1.165, 1.54) is 12.7 Å². The molecule has 9 heteroatoms. The average molecular weight is 309 g/mol. The first-order valence-electron chi connectivity index (χ1n) is 7.02. The number of aliphatic hydroxyl groups excluding tert-OH is 3. The Kier molecular flexibility index (Phi) is 3.52. The van der Waals surface area contributed by atoms with Crippen LogP contribution in [-0.2, 0) is 10.5 Å². The number of anilines is 1. The Balaban J connectivity index is 2.22. The lowest BCUT2D eigenvalue weighted by atomic mass is 9.91. The van der Waals surface area contributed by atoms with Gasteiger partial charge in [0, 0.05) is 5.92 Å². The first-order valence-corrected chi connectivity index (χ1v) is 7.02. The van der Waals surface area contributed by atoms with Gasteiger partial charge < -0.3 is 25.8 Å². The maximum absolute atomic E-state index is 10.6. The molecule has 1 aliphatic heterocycles. The highest BCUT2D eigenvalue weighted by atomic mass is 16.6. The first-order chi connectivity index (χ1) is 10.4. The van der Waals surface area contributed by atoms with Gasteiger partial charge in [-0.3, -0.25) is 4.57 Å². The van der Waals surface area contributed by atoms with E-state index in [0.29, 0.717) is 11.2 Å². The lowest BCUT2D eigenvalue weighted by Crippen LogP contribution is -2.49. The number of nitrogen functional groups attached to an aromatic ring is 1. The van der Waals surface area contributed by atoms with E-state index < -0.39 is 30.6 Å². The molecule has 5 N–H and O–H groups in total. The largest absolute Gasteiger partial charge is 0.394 e. The highest BCUT2D eigenvalue weighted by Crippen LogP contribution is 2.42. The van der Waals surface area contributed by atoms with Crippen molar-refractivity contribution in [1.82, 2.24) is 19.5 Å². The minimum Gasteiger partial charge on any atom is -0.394 e. The molecule has 3 rings (SSSR count). The van der Waals surface area contributed by atoms with Crippen LogP contribution in [0.2, 0.25) is 0 Å². The van der Waals surface area contributed by atoms with Crippen LogP contribution >= 0.6 is 0 Å². The van der Waals surface area contributed by atoms with Crippen LogP contribution in [0, 0.1) is 5.92 Å². The maximum atomic E-state index is 10.6. The molecule has 0 aromatic carbocycles. The van der Waals surface area contributed by atoms with E-state index in [0.717, 1.165) is 0 Å². The lowest BCUT2D eigenvalue weighted by molar-refractivity contribution is -0.174. The van der Waals surface area contributed by atoms with E-state index >= 15 is 0 Å². The molecule has 0 amide bonds. The normalized spacial score (nSPS) is 32.2. The van der Waals surface area contributed by atoms with Crippen LogP contribution in [0.3, 0.4) is 0 Å². The third-order valence-corrected chi connectivity index (χ3v) is 4.21. The monoisotopic (exact) mass is 309 g/mol. The predicted octanol–water partition coefficient (Wildman–Crippen LogP) is -1.17. The fourth-order valence-corrected chi connectivity index (χ4v) is 3.04. The van der Waals surface area contributed by atoms with Crippen molar-refractivity contribution >= 4 is 17.0 Å². The van der Waals surface area contributed by atoms with Gasteiger partial charge in [-0.25, -0.2) is 15.0 Å². The number of imidazole rings is 1. The number of rotatable bonds is 3. The van der Waals surface area contributed by atoms with E-state index in [4.69, 9.17) is 10.5 Å². The standard InChI is InChI=1S/C13H19N5O4/c1-6(2)13(10(21)9(20)7(3-19)22-13)18-5-17-8-11(14)15-4-16-12(8)18/h4-7,9-10,19-21H,3H2,1-2H3,(H2,14,15,16)/t7-,9-,10-,13-/m1/s1. The second kappa shape index (κ2) is 5.13. The van der Waals surface area contributed by atoms with Crippen molar-refractivity contribution < 1.29 is 20.1 Å². The van der Waals surface area contributed by atoms with Crippen molar-refractivity contribution in [3.05, 3.63) is 12.7 Å². The predicted molar refractivity (Wildman–Crippen MR) is 76.5 cm³/mol.